The van der Waals surface area contributed by atoms with Gasteiger partial charge in [-0.25, -0.2) is 0 Å². The van der Waals surface area contributed by atoms with Crippen LogP contribution in [0.15, 0.2) is 28.8 Å². The molecule has 1 saturated heterocycles. The van der Waals surface area contributed by atoms with E-state index in [1.54, 1.807) is 12.1 Å². The number of aromatic nitrogens is 2. The number of rotatable bonds is 2. The summed E-state index contributed by atoms with van der Waals surface area (Å²) in [6.45, 7) is 0.559. The van der Waals surface area contributed by atoms with Gasteiger partial charge in [0.15, 0.2) is 0 Å². The van der Waals surface area contributed by atoms with Crippen LogP contribution in [0.25, 0.3) is 11.4 Å². The van der Waals surface area contributed by atoms with Gasteiger partial charge in [0.2, 0.25) is 11.7 Å². The second kappa shape index (κ2) is 4.68. The molecule has 0 amide bonds. The standard InChI is InChI=1S/C12H12ClN3O2/c13-8-3-1-7(2-4-8)11-15-12(18-16-11)10-5-9(17)6-14-10/h1-4,9-10,14,17H,5-6H2/t9-,10-/m1/s1. The number of hydrogen-bond donors (Lipinski definition) is 2. The second-order valence-electron chi connectivity index (χ2n) is 4.31. The third-order valence-electron chi connectivity index (χ3n) is 2.95. The van der Waals surface area contributed by atoms with Crippen LogP contribution in [0.5, 0.6) is 0 Å². The molecular formula is C12H12ClN3O2. The summed E-state index contributed by atoms with van der Waals surface area (Å²) < 4.78 is 5.21. The average Bonchev–Trinajstić information content (AvgIpc) is 2.98. The van der Waals surface area contributed by atoms with Gasteiger partial charge in [0.1, 0.15) is 0 Å². The minimum absolute atomic E-state index is 0.0615. The van der Waals surface area contributed by atoms with Crippen molar-refractivity contribution in [3.63, 3.8) is 0 Å². The van der Waals surface area contributed by atoms with E-state index >= 15 is 0 Å². The van der Waals surface area contributed by atoms with Crippen molar-refractivity contribution in [1.82, 2.24) is 15.5 Å². The number of aliphatic hydroxyl groups excluding tert-OH is 1. The lowest BCUT2D eigenvalue weighted by Crippen LogP contribution is -2.15. The first-order chi connectivity index (χ1) is 8.72. The zero-order chi connectivity index (χ0) is 12.5. The first-order valence-electron chi connectivity index (χ1n) is 5.73. The summed E-state index contributed by atoms with van der Waals surface area (Å²) in [4.78, 5) is 4.33. The van der Waals surface area contributed by atoms with Crippen molar-refractivity contribution in [3.8, 4) is 11.4 Å². The predicted molar refractivity (Wildman–Crippen MR) is 66.1 cm³/mol. The van der Waals surface area contributed by atoms with Gasteiger partial charge in [-0.1, -0.05) is 16.8 Å². The van der Waals surface area contributed by atoms with Gasteiger partial charge >= 0.3 is 0 Å². The molecule has 1 aliphatic rings. The van der Waals surface area contributed by atoms with Crippen LogP contribution < -0.4 is 5.32 Å². The van der Waals surface area contributed by atoms with Crippen LogP contribution in [0.4, 0.5) is 0 Å². The lowest BCUT2D eigenvalue weighted by Gasteiger charge is -2.01. The van der Waals surface area contributed by atoms with Gasteiger partial charge in [0.25, 0.3) is 0 Å². The number of β-amino-alcohol motifs (C(OH)–C–C–N with tert-alkyl or cyclic N) is 1. The van der Waals surface area contributed by atoms with Crippen molar-refractivity contribution in [1.29, 1.82) is 0 Å². The Morgan fingerprint density at radius 3 is 2.78 bits per heavy atom. The maximum Gasteiger partial charge on any atom is 0.244 e. The average molecular weight is 266 g/mol. The Balaban J connectivity index is 1.83. The normalized spacial score (nSPS) is 23.4. The van der Waals surface area contributed by atoms with E-state index in [0.29, 0.717) is 29.7 Å². The highest BCUT2D eigenvalue weighted by Crippen LogP contribution is 2.25. The molecule has 18 heavy (non-hydrogen) atoms. The first kappa shape index (κ1) is 11.6. The van der Waals surface area contributed by atoms with Gasteiger partial charge in [0.05, 0.1) is 12.1 Å². The lowest BCUT2D eigenvalue weighted by atomic mass is 10.2. The van der Waals surface area contributed by atoms with Crippen molar-refractivity contribution < 1.29 is 9.63 Å². The number of nitrogens with zero attached hydrogens (tertiary/aromatic N) is 2. The van der Waals surface area contributed by atoms with Gasteiger partial charge in [-0.15, -0.1) is 0 Å². The molecule has 6 heteroatoms. The summed E-state index contributed by atoms with van der Waals surface area (Å²) in [5.74, 6) is 1.04. The molecule has 0 bridgehead atoms. The fourth-order valence-electron chi connectivity index (χ4n) is 2.00. The zero-order valence-electron chi connectivity index (χ0n) is 9.51. The third-order valence-corrected chi connectivity index (χ3v) is 3.20. The van der Waals surface area contributed by atoms with Crippen molar-refractivity contribution in [3.05, 3.63) is 35.2 Å². The molecule has 0 saturated carbocycles. The molecule has 3 rings (SSSR count). The summed E-state index contributed by atoms with van der Waals surface area (Å²) >= 11 is 5.82. The summed E-state index contributed by atoms with van der Waals surface area (Å²) in [5, 5.41) is 17.2. The minimum Gasteiger partial charge on any atom is -0.392 e. The van der Waals surface area contributed by atoms with E-state index in [9.17, 15) is 5.11 Å². The maximum absolute atomic E-state index is 9.45. The van der Waals surface area contributed by atoms with E-state index in [2.05, 4.69) is 15.5 Å². The van der Waals surface area contributed by atoms with E-state index in [1.807, 2.05) is 12.1 Å². The highest BCUT2D eigenvalue weighted by Gasteiger charge is 2.28. The molecule has 2 N–H and O–H groups in total. The highest BCUT2D eigenvalue weighted by atomic mass is 35.5. The Morgan fingerprint density at radius 2 is 2.11 bits per heavy atom. The first-order valence-corrected chi connectivity index (χ1v) is 6.11. The molecule has 5 nitrogen and oxygen atoms in total. The van der Waals surface area contributed by atoms with Crippen LogP contribution in [-0.2, 0) is 0 Å². The summed E-state index contributed by atoms with van der Waals surface area (Å²) in [6.07, 6.45) is 0.253. The minimum atomic E-state index is -0.346. The smallest absolute Gasteiger partial charge is 0.244 e. The van der Waals surface area contributed by atoms with E-state index < -0.39 is 0 Å². The largest absolute Gasteiger partial charge is 0.392 e. The van der Waals surface area contributed by atoms with Crippen molar-refractivity contribution >= 4 is 11.6 Å². The maximum atomic E-state index is 9.45. The van der Waals surface area contributed by atoms with Gasteiger partial charge in [-0.2, -0.15) is 4.98 Å². The molecule has 1 aromatic heterocycles. The van der Waals surface area contributed by atoms with Gasteiger partial charge in [0, 0.05) is 17.1 Å². The van der Waals surface area contributed by atoms with Crippen LogP contribution in [0.2, 0.25) is 5.02 Å². The molecular weight excluding hydrogens is 254 g/mol. The van der Waals surface area contributed by atoms with Crippen molar-refractivity contribution in [2.24, 2.45) is 0 Å². The molecule has 1 fully saturated rings. The Labute approximate surface area is 109 Å². The highest BCUT2D eigenvalue weighted by molar-refractivity contribution is 6.30. The Morgan fingerprint density at radius 1 is 1.33 bits per heavy atom. The van der Waals surface area contributed by atoms with E-state index in [1.165, 1.54) is 0 Å². The number of hydrogen-bond acceptors (Lipinski definition) is 5. The molecule has 2 atom stereocenters. The van der Waals surface area contributed by atoms with E-state index in [4.69, 9.17) is 16.1 Å². The number of benzene rings is 1. The zero-order valence-corrected chi connectivity index (χ0v) is 10.3. The summed E-state index contributed by atoms with van der Waals surface area (Å²) in [5.41, 5.74) is 0.855. The molecule has 0 radical (unpaired) electrons. The Hall–Kier alpha value is -1.43. The lowest BCUT2D eigenvalue weighted by molar-refractivity contribution is 0.191. The third kappa shape index (κ3) is 2.25. The van der Waals surface area contributed by atoms with Crippen LogP contribution in [-0.4, -0.2) is 27.9 Å². The number of halogens is 1. The Kier molecular flexibility index (Phi) is 3.03. The predicted octanol–water partition coefficient (Wildman–Crippen LogP) is 1.79. The quantitative estimate of drug-likeness (QED) is 0.866. The SMILES string of the molecule is O[C@H]1CN[C@@H](c2nc(-c3ccc(Cl)cc3)no2)C1. The fourth-order valence-corrected chi connectivity index (χ4v) is 2.12. The monoisotopic (exact) mass is 265 g/mol. The van der Waals surface area contributed by atoms with Gasteiger partial charge in [-0.05, 0) is 30.7 Å². The summed E-state index contributed by atoms with van der Waals surface area (Å²) in [7, 11) is 0. The van der Waals surface area contributed by atoms with Crippen LogP contribution >= 0.6 is 11.6 Å². The molecule has 0 unspecified atom stereocenters. The van der Waals surface area contributed by atoms with Crippen molar-refractivity contribution in [2.45, 2.75) is 18.6 Å². The molecule has 2 aromatic rings. The van der Waals surface area contributed by atoms with Crippen molar-refractivity contribution in [2.75, 3.05) is 6.54 Å². The molecule has 0 spiro atoms. The van der Waals surface area contributed by atoms with Crippen LogP contribution in [0, 0.1) is 0 Å². The topological polar surface area (TPSA) is 71.2 Å². The Bertz CT molecular complexity index is 541. The summed E-state index contributed by atoms with van der Waals surface area (Å²) in [6, 6.07) is 7.19. The van der Waals surface area contributed by atoms with Crippen LogP contribution in [0.3, 0.4) is 0 Å². The molecule has 94 valence electrons. The van der Waals surface area contributed by atoms with E-state index in [0.717, 1.165) is 5.56 Å². The van der Waals surface area contributed by atoms with Gasteiger partial charge in [-0.3, -0.25) is 0 Å². The fraction of sp³-hybridized carbons (Fsp3) is 0.333. The molecule has 0 aliphatic carbocycles. The number of nitrogens with one attached hydrogen (secondary N) is 1. The van der Waals surface area contributed by atoms with Crippen LogP contribution in [0.1, 0.15) is 18.4 Å². The molecule has 2 heterocycles. The molecule has 1 aromatic carbocycles. The van der Waals surface area contributed by atoms with E-state index in [-0.39, 0.29) is 12.1 Å². The van der Waals surface area contributed by atoms with Gasteiger partial charge < -0.3 is 14.9 Å². The molecule has 1 aliphatic heterocycles. The second-order valence-corrected chi connectivity index (χ2v) is 4.75. The number of aliphatic hydroxyl groups is 1.